The second-order valence-electron chi connectivity index (χ2n) is 6.50. The van der Waals surface area contributed by atoms with E-state index in [0.717, 1.165) is 49.8 Å². The fraction of sp³-hybridized carbons (Fsp3) is 0.368. The summed E-state index contributed by atoms with van der Waals surface area (Å²) >= 11 is 0. The van der Waals surface area contributed by atoms with Crippen LogP contribution in [-0.2, 0) is 17.8 Å². The fourth-order valence-corrected chi connectivity index (χ4v) is 3.12. The van der Waals surface area contributed by atoms with E-state index in [1.165, 1.54) is 5.56 Å². The van der Waals surface area contributed by atoms with Gasteiger partial charge in [-0.3, -0.25) is 9.58 Å². The van der Waals surface area contributed by atoms with Gasteiger partial charge in [0.2, 0.25) is 0 Å². The molecule has 1 saturated heterocycles. The molecule has 2 aromatic heterocycles. The van der Waals surface area contributed by atoms with Crippen LogP contribution in [0, 0.1) is 6.92 Å². The monoisotopic (exact) mass is 338 g/mol. The van der Waals surface area contributed by atoms with Crippen molar-refractivity contribution in [3.8, 4) is 11.3 Å². The molecule has 1 fully saturated rings. The molecule has 0 saturated carbocycles. The zero-order chi connectivity index (χ0) is 17.1. The average Bonchev–Trinajstić information content (AvgIpc) is 3.28. The van der Waals surface area contributed by atoms with Crippen LogP contribution in [-0.4, -0.2) is 45.6 Å². The third-order valence-electron chi connectivity index (χ3n) is 4.46. The molecule has 6 heteroatoms. The molecular weight excluding hydrogens is 316 g/mol. The van der Waals surface area contributed by atoms with Crippen molar-refractivity contribution < 1.29 is 9.26 Å². The van der Waals surface area contributed by atoms with E-state index < -0.39 is 0 Å². The zero-order valence-electron chi connectivity index (χ0n) is 14.3. The van der Waals surface area contributed by atoms with Gasteiger partial charge in [-0.2, -0.15) is 5.10 Å². The van der Waals surface area contributed by atoms with Crippen LogP contribution in [0.1, 0.15) is 11.3 Å². The fourth-order valence-electron chi connectivity index (χ4n) is 3.12. The van der Waals surface area contributed by atoms with Crippen molar-refractivity contribution in [1.29, 1.82) is 0 Å². The standard InChI is InChI=1S/C19H22N4O2/c1-15-3-5-16(6-4-15)19-11-17(25-21-19)12-22-9-10-24-18(13-22)14-23-8-2-7-20-23/h2-8,11,18H,9-10,12-14H2,1H3/t18-/m1/s1. The largest absolute Gasteiger partial charge is 0.374 e. The normalized spacial score (nSPS) is 18.5. The summed E-state index contributed by atoms with van der Waals surface area (Å²) in [4.78, 5) is 2.34. The number of ether oxygens (including phenoxy) is 1. The Labute approximate surface area is 147 Å². The SMILES string of the molecule is Cc1ccc(-c2cc(CN3CCO[C@@H](Cn4cccn4)C3)on2)cc1. The summed E-state index contributed by atoms with van der Waals surface area (Å²) in [6, 6.07) is 12.3. The molecule has 0 spiro atoms. The molecule has 1 atom stereocenters. The number of morpholine rings is 1. The summed E-state index contributed by atoms with van der Waals surface area (Å²) in [6.07, 6.45) is 3.90. The van der Waals surface area contributed by atoms with E-state index in [2.05, 4.69) is 46.3 Å². The number of hydrogen-bond acceptors (Lipinski definition) is 5. The maximum Gasteiger partial charge on any atom is 0.151 e. The van der Waals surface area contributed by atoms with Crippen LogP contribution < -0.4 is 0 Å². The highest BCUT2D eigenvalue weighted by molar-refractivity contribution is 5.59. The highest BCUT2D eigenvalue weighted by atomic mass is 16.5. The van der Waals surface area contributed by atoms with Gasteiger partial charge < -0.3 is 9.26 Å². The van der Waals surface area contributed by atoms with Gasteiger partial charge in [0.25, 0.3) is 0 Å². The molecule has 1 aromatic carbocycles. The summed E-state index contributed by atoms with van der Waals surface area (Å²) in [5, 5.41) is 8.47. The van der Waals surface area contributed by atoms with Crippen molar-refractivity contribution >= 4 is 0 Å². The van der Waals surface area contributed by atoms with E-state index >= 15 is 0 Å². The second kappa shape index (κ2) is 7.21. The van der Waals surface area contributed by atoms with Crippen molar-refractivity contribution in [3.63, 3.8) is 0 Å². The number of nitrogens with zero attached hydrogens (tertiary/aromatic N) is 4. The molecule has 0 N–H and O–H groups in total. The third-order valence-corrected chi connectivity index (χ3v) is 4.46. The van der Waals surface area contributed by atoms with Crippen molar-refractivity contribution in [2.45, 2.75) is 26.1 Å². The van der Waals surface area contributed by atoms with Crippen LogP contribution in [0.2, 0.25) is 0 Å². The first-order chi connectivity index (χ1) is 12.3. The Hall–Kier alpha value is -2.44. The van der Waals surface area contributed by atoms with E-state index in [9.17, 15) is 0 Å². The average molecular weight is 338 g/mol. The van der Waals surface area contributed by atoms with E-state index in [0.29, 0.717) is 0 Å². The number of aromatic nitrogens is 3. The smallest absolute Gasteiger partial charge is 0.151 e. The molecule has 130 valence electrons. The first-order valence-corrected chi connectivity index (χ1v) is 8.60. The molecule has 0 unspecified atom stereocenters. The number of rotatable bonds is 5. The molecule has 3 heterocycles. The lowest BCUT2D eigenvalue weighted by atomic mass is 10.1. The van der Waals surface area contributed by atoms with E-state index in [-0.39, 0.29) is 6.10 Å². The minimum absolute atomic E-state index is 0.146. The summed E-state index contributed by atoms with van der Waals surface area (Å²) in [5.41, 5.74) is 3.21. The third kappa shape index (κ3) is 3.97. The molecule has 0 amide bonds. The van der Waals surface area contributed by atoms with Gasteiger partial charge in [-0.15, -0.1) is 0 Å². The molecule has 0 bridgehead atoms. The Bertz CT molecular complexity index is 795. The van der Waals surface area contributed by atoms with Crippen molar-refractivity contribution in [2.75, 3.05) is 19.7 Å². The highest BCUT2D eigenvalue weighted by Crippen LogP contribution is 2.21. The predicted molar refractivity (Wildman–Crippen MR) is 93.9 cm³/mol. The number of aryl methyl sites for hydroxylation is 1. The minimum Gasteiger partial charge on any atom is -0.374 e. The van der Waals surface area contributed by atoms with E-state index in [1.54, 1.807) is 6.20 Å². The molecule has 3 aromatic rings. The Morgan fingerprint density at radius 3 is 2.92 bits per heavy atom. The van der Waals surface area contributed by atoms with Crippen LogP contribution in [0.5, 0.6) is 0 Å². The Morgan fingerprint density at radius 1 is 1.24 bits per heavy atom. The van der Waals surface area contributed by atoms with Crippen LogP contribution in [0.25, 0.3) is 11.3 Å². The van der Waals surface area contributed by atoms with Gasteiger partial charge >= 0.3 is 0 Å². The first kappa shape index (κ1) is 16.1. The van der Waals surface area contributed by atoms with Crippen molar-refractivity contribution in [2.24, 2.45) is 0 Å². The lowest BCUT2D eigenvalue weighted by Crippen LogP contribution is -2.43. The van der Waals surface area contributed by atoms with Crippen molar-refractivity contribution in [1.82, 2.24) is 19.8 Å². The molecule has 1 aliphatic rings. The molecule has 25 heavy (non-hydrogen) atoms. The van der Waals surface area contributed by atoms with Crippen LogP contribution in [0.3, 0.4) is 0 Å². The van der Waals surface area contributed by atoms with Gasteiger partial charge in [0.1, 0.15) is 5.69 Å². The molecule has 0 aliphatic carbocycles. The summed E-state index contributed by atoms with van der Waals surface area (Å²) in [6.45, 7) is 6.09. The minimum atomic E-state index is 0.146. The van der Waals surface area contributed by atoms with Crippen LogP contribution >= 0.6 is 0 Å². The Morgan fingerprint density at radius 2 is 2.12 bits per heavy atom. The van der Waals surface area contributed by atoms with Gasteiger partial charge in [-0.1, -0.05) is 35.0 Å². The van der Waals surface area contributed by atoms with Crippen molar-refractivity contribution in [3.05, 3.63) is 60.1 Å². The lowest BCUT2D eigenvalue weighted by Gasteiger charge is -2.32. The number of benzene rings is 1. The molecular formula is C19H22N4O2. The summed E-state index contributed by atoms with van der Waals surface area (Å²) in [7, 11) is 0. The van der Waals surface area contributed by atoms with E-state index in [1.807, 2.05) is 23.0 Å². The second-order valence-corrected chi connectivity index (χ2v) is 6.50. The predicted octanol–water partition coefficient (Wildman–Crippen LogP) is 2.75. The topological polar surface area (TPSA) is 56.3 Å². The highest BCUT2D eigenvalue weighted by Gasteiger charge is 2.22. The van der Waals surface area contributed by atoms with Gasteiger partial charge in [0.05, 0.1) is 25.8 Å². The quantitative estimate of drug-likeness (QED) is 0.716. The maximum absolute atomic E-state index is 5.86. The lowest BCUT2D eigenvalue weighted by molar-refractivity contribution is -0.0422. The van der Waals surface area contributed by atoms with Crippen LogP contribution in [0.15, 0.2) is 53.3 Å². The maximum atomic E-state index is 5.86. The summed E-state index contributed by atoms with van der Waals surface area (Å²) in [5.74, 6) is 0.885. The Kier molecular flexibility index (Phi) is 4.63. The molecule has 1 aliphatic heterocycles. The van der Waals surface area contributed by atoms with Gasteiger partial charge in [-0.25, -0.2) is 0 Å². The van der Waals surface area contributed by atoms with Gasteiger partial charge in [0, 0.05) is 37.1 Å². The molecule has 0 radical (unpaired) electrons. The summed E-state index contributed by atoms with van der Waals surface area (Å²) < 4.78 is 13.3. The van der Waals surface area contributed by atoms with E-state index in [4.69, 9.17) is 9.26 Å². The molecule has 4 rings (SSSR count). The first-order valence-electron chi connectivity index (χ1n) is 8.60. The van der Waals surface area contributed by atoms with Crippen LogP contribution in [0.4, 0.5) is 0 Å². The Balaban J connectivity index is 1.37. The van der Waals surface area contributed by atoms with Gasteiger partial charge in [-0.05, 0) is 13.0 Å². The zero-order valence-corrected chi connectivity index (χ0v) is 14.3. The van der Waals surface area contributed by atoms with Gasteiger partial charge in [0.15, 0.2) is 5.76 Å². The number of hydrogen-bond donors (Lipinski definition) is 0. The molecule has 6 nitrogen and oxygen atoms in total.